The Bertz CT molecular complexity index is 247. The van der Waals surface area contributed by atoms with Gasteiger partial charge in [-0.15, -0.1) is 0 Å². The van der Waals surface area contributed by atoms with Gasteiger partial charge in [-0.25, -0.2) is 0 Å². The van der Waals surface area contributed by atoms with Gasteiger partial charge in [-0.1, -0.05) is 42.1 Å². The standard InChI is InChI=1S/C20H41BrO7/c1-2-3-4-5-7-22-9-11-24-13-15-26-17-19-28-20-18-27-16-14-25-12-10-23-8-6-21/h2-20H2,1H3. The maximum absolute atomic E-state index is 5.50. The van der Waals surface area contributed by atoms with Crippen molar-refractivity contribution in [2.75, 3.05) is 97.8 Å². The van der Waals surface area contributed by atoms with Crippen LogP contribution in [0.1, 0.15) is 32.6 Å². The molecule has 0 N–H and O–H groups in total. The zero-order chi connectivity index (χ0) is 20.4. The van der Waals surface area contributed by atoms with Gasteiger partial charge in [0.15, 0.2) is 0 Å². The molecule has 0 aliphatic carbocycles. The lowest BCUT2D eigenvalue weighted by Gasteiger charge is -2.08. The average molecular weight is 473 g/mol. The Morgan fingerprint density at radius 1 is 0.393 bits per heavy atom. The van der Waals surface area contributed by atoms with Gasteiger partial charge in [-0.3, -0.25) is 0 Å². The molecule has 0 saturated carbocycles. The molecular weight excluding hydrogens is 432 g/mol. The first-order valence-corrected chi connectivity index (χ1v) is 11.6. The molecule has 170 valence electrons. The lowest BCUT2D eigenvalue weighted by molar-refractivity contribution is -0.0201. The first kappa shape index (κ1) is 28.2. The number of alkyl halides is 1. The second-order valence-electron chi connectivity index (χ2n) is 6.04. The summed E-state index contributed by atoms with van der Waals surface area (Å²) in [5, 5.41) is 0.851. The van der Waals surface area contributed by atoms with Crippen LogP contribution in [0.3, 0.4) is 0 Å². The third-order valence-corrected chi connectivity index (χ3v) is 3.92. The van der Waals surface area contributed by atoms with Crippen LogP contribution >= 0.6 is 15.9 Å². The predicted molar refractivity (Wildman–Crippen MR) is 114 cm³/mol. The summed E-state index contributed by atoms with van der Waals surface area (Å²) in [6.45, 7) is 10.8. The third kappa shape index (κ3) is 26.2. The summed E-state index contributed by atoms with van der Waals surface area (Å²) in [4.78, 5) is 0. The Morgan fingerprint density at radius 3 is 1.04 bits per heavy atom. The van der Waals surface area contributed by atoms with Crippen molar-refractivity contribution in [3.63, 3.8) is 0 Å². The van der Waals surface area contributed by atoms with Crippen LogP contribution in [0, 0.1) is 0 Å². The molecule has 0 aliphatic heterocycles. The van der Waals surface area contributed by atoms with E-state index in [0.717, 1.165) is 18.4 Å². The van der Waals surface area contributed by atoms with Crippen molar-refractivity contribution in [1.29, 1.82) is 0 Å². The van der Waals surface area contributed by atoms with Crippen LogP contribution in [0.25, 0.3) is 0 Å². The fraction of sp³-hybridized carbons (Fsp3) is 1.00. The second kappa shape index (κ2) is 27.2. The molecule has 0 spiro atoms. The van der Waals surface area contributed by atoms with Crippen molar-refractivity contribution in [3.05, 3.63) is 0 Å². The van der Waals surface area contributed by atoms with E-state index >= 15 is 0 Å². The van der Waals surface area contributed by atoms with Crippen LogP contribution in [0.4, 0.5) is 0 Å². The van der Waals surface area contributed by atoms with Crippen molar-refractivity contribution in [2.24, 2.45) is 0 Å². The predicted octanol–water partition coefficient (Wildman–Crippen LogP) is 3.08. The molecule has 7 nitrogen and oxygen atoms in total. The molecule has 28 heavy (non-hydrogen) atoms. The Morgan fingerprint density at radius 2 is 0.714 bits per heavy atom. The highest BCUT2D eigenvalue weighted by molar-refractivity contribution is 9.09. The third-order valence-electron chi connectivity index (χ3n) is 3.60. The van der Waals surface area contributed by atoms with E-state index in [-0.39, 0.29) is 0 Å². The van der Waals surface area contributed by atoms with Crippen molar-refractivity contribution in [2.45, 2.75) is 32.6 Å². The Hall–Kier alpha value is 0.200. The summed E-state index contributed by atoms with van der Waals surface area (Å²) < 4.78 is 37.9. The molecule has 0 aliphatic rings. The fourth-order valence-electron chi connectivity index (χ4n) is 2.11. The van der Waals surface area contributed by atoms with Gasteiger partial charge in [0.05, 0.1) is 85.9 Å². The summed E-state index contributed by atoms with van der Waals surface area (Å²) in [6, 6.07) is 0. The summed E-state index contributed by atoms with van der Waals surface area (Å²) in [5.74, 6) is 0. The largest absolute Gasteiger partial charge is 0.379 e. The highest BCUT2D eigenvalue weighted by Gasteiger charge is 1.94. The van der Waals surface area contributed by atoms with E-state index in [1.807, 2.05) is 0 Å². The van der Waals surface area contributed by atoms with Crippen LogP contribution < -0.4 is 0 Å². The van der Waals surface area contributed by atoms with Gasteiger partial charge < -0.3 is 33.2 Å². The maximum Gasteiger partial charge on any atom is 0.0701 e. The molecule has 0 atom stereocenters. The second-order valence-corrected chi connectivity index (χ2v) is 6.83. The van der Waals surface area contributed by atoms with E-state index < -0.39 is 0 Å². The fourth-order valence-corrected chi connectivity index (χ4v) is 2.34. The number of hydrogen-bond acceptors (Lipinski definition) is 7. The van der Waals surface area contributed by atoms with E-state index in [2.05, 4.69) is 22.9 Å². The molecule has 0 fully saturated rings. The maximum atomic E-state index is 5.50. The number of halogens is 1. The Balaban J connectivity index is 2.96. The topological polar surface area (TPSA) is 64.6 Å². The molecule has 0 saturated heterocycles. The molecule has 0 amide bonds. The van der Waals surface area contributed by atoms with Gasteiger partial charge in [0, 0.05) is 11.9 Å². The van der Waals surface area contributed by atoms with Gasteiger partial charge in [0.1, 0.15) is 0 Å². The van der Waals surface area contributed by atoms with Crippen molar-refractivity contribution >= 4 is 15.9 Å². The summed E-state index contributed by atoms with van der Waals surface area (Å²) in [7, 11) is 0. The lowest BCUT2D eigenvalue weighted by Crippen LogP contribution is -2.14. The van der Waals surface area contributed by atoms with Gasteiger partial charge in [-0.2, -0.15) is 0 Å². The molecular formula is C20H41BrO7. The van der Waals surface area contributed by atoms with Crippen LogP contribution in [0.5, 0.6) is 0 Å². The molecule has 0 aromatic carbocycles. The minimum atomic E-state index is 0.559. The first-order valence-electron chi connectivity index (χ1n) is 10.5. The molecule has 8 heteroatoms. The van der Waals surface area contributed by atoms with Gasteiger partial charge >= 0.3 is 0 Å². The smallest absolute Gasteiger partial charge is 0.0701 e. The van der Waals surface area contributed by atoms with Crippen molar-refractivity contribution in [3.8, 4) is 0 Å². The zero-order valence-electron chi connectivity index (χ0n) is 17.7. The highest BCUT2D eigenvalue weighted by Crippen LogP contribution is 1.98. The lowest BCUT2D eigenvalue weighted by atomic mass is 10.2. The van der Waals surface area contributed by atoms with Crippen LogP contribution in [-0.2, 0) is 33.2 Å². The molecule has 0 bridgehead atoms. The van der Waals surface area contributed by atoms with Crippen molar-refractivity contribution in [1.82, 2.24) is 0 Å². The Kier molecular flexibility index (Phi) is 27.4. The molecule has 0 aromatic rings. The van der Waals surface area contributed by atoms with E-state index in [4.69, 9.17) is 33.2 Å². The first-order chi connectivity index (χ1) is 13.9. The normalized spacial score (nSPS) is 11.4. The quantitative estimate of drug-likeness (QED) is 0.149. The monoisotopic (exact) mass is 472 g/mol. The summed E-state index contributed by atoms with van der Waals surface area (Å²) in [5.41, 5.74) is 0. The van der Waals surface area contributed by atoms with E-state index in [9.17, 15) is 0 Å². The average Bonchev–Trinajstić information content (AvgIpc) is 2.71. The molecule has 0 unspecified atom stereocenters. The number of ether oxygens (including phenoxy) is 7. The SMILES string of the molecule is CCCCCCOCCOCCOCCOCCOCCOCCOCCBr. The molecule has 0 radical (unpaired) electrons. The van der Waals surface area contributed by atoms with E-state index in [1.54, 1.807) is 0 Å². The number of rotatable bonds is 25. The summed E-state index contributed by atoms with van der Waals surface area (Å²) in [6.07, 6.45) is 4.94. The van der Waals surface area contributed by atoms with Gasteiger partial charge in [-0.05, 0) is 6.42 Å². The van der Waals surface area contributed by atoms with Gasteiger partial charge in [0.2, 0.25) is 0 Å². The van der Waals surface area contributed by atoms with Crippen LogP contribution in [-0.4, -0.2) is 97.8 Å². The number of hydrogen-bond donors (Lipinski definition) is 0. The zero-order valence-corrected chi connectivity index (χ0v) is 19.3. The van der Waals surface area contributed by atoms with E-state index in [1.165, 1.54) is 19.3 Å². The molecule has 0 aromatic heterocycles. The van der Waals surface area contributed by atoms with Crippen molar-refractivity contribution < 1.29 is 33.2 Å². The van der Waals surface area contributed by atoms with E-state index in [0.29, 0.717) is 85.9 Å². The molecule has 0 heterocycles. The minimum absolute atomic E-state index is 0.559. The Labute approximate surface area is 179 Å². The highest BCUT2D eigenvalue weighted by atomic mass is 79.9. The van der Waals surface area contributed by atoms with Crippen LogP contribution in [0.2, 0.25) is 0 Å². The number of unbranched alkanes of at least 4 members (excludes halogenated alkanes) is 3. The summed E-state index contributed by atoms with van der Waals surface area (Å²) >= 11 is 3.30. The van der Waals surface area contributed by atoms with Crippen LogP contribution in [0.15, 0.2) is 0 Å². The minimum Gasteiger partial charge on any atom is -0.379 e. The molecule has 0 rings (SSSR count). The van der Waals surface area contributed by atoms with Gasteiger partial charge in [0.25, 0.3) is 0 Å².